The standard InChI is InChI=1S/C22H25ClN4/c1-16-12-18(23)13-26-21(16)14-27(19-7-9-24-10-8-19)15-22-20-5-3-2-4-17(20)6-11-25-22/h2-6,11-13,19,24H,7-10,14-15H2,1H3. The first kappa shape index (κ1) is 18.4. The lowest BCUT2D eigenvalue weighted by Crippen LogP contribution is -2.42. The molecule has 4 rings (SSSR count). The van der Waals surface area contributed by atoms with E-state index in [0.29, 0.717) is 11.1 Å². The summed E-state index contributed by atoms with van der Waals surface area (Å²) < 4.78 is 0. The molecule has 1 N–H and O–H groups in total. The highest BCUT2D eigenvalue weighted by atomic mass is 35.5. The molecule has 0 spiro atoms. The summed E-state index contributed by atoms with van der Waals surface area (Å²) in [5.41, 5.74) is 3.38. The Labute approximate surface area is 165 Å². The summed E-state index contributed by atoms with van der Waals surface area (Å²) in [6, 6.07) is 13.1. The first-order valence-electron chi connectivity index (χ1n) is 9.59. The van der Waals surface area contributed by atoms with E-state index in [2.05, 4.69) is 52.5 Å². The maximum absolute atomic E-state index is 6.10. The van der Waals surface area contributed by atoms with Gasteiger partial charge in [-0.05, 0) is 55.9 Å². The van der Waals surface area contributed by atoms with Gasteiger partial charge in [-0.25, -0.2) is 0 Å². The van der Waals surface area contributed by atoms with Gasteiger partial charge in [0.2, 0.25) is 0 Å². The van der Waals surface area contributed by atoms with Crippen molar-refractivity contribution in [1.29, 1.82) is 0 Å². The molecule has 2 aromatic heterocycles. The second-order valence-electron chi connectivity index (χ2n) is 7.28. The van der Waals surface area contributed by atoms with Crippen molar-refractivity contribution in [3.05, 3.63) is 70.8 Å². The fourth-order valence-corrected chi connectivity index (χ4v) is 4.13. The van der Waals surface area contributed by atoms with E-state index in [-0.39, 0.29) is 0 Å². The number of pyridine rings is 2. The third-order valence-corrected chi connectivity index (χ3v) is 5.65. The van der Waals surface area contributed by atoms with E-state index < -0.39 is 0 Å². The van der Waals surface area contributed by atoms with E-state index in [1.807, 2.05) is 12.3 Å². The molecule has 27 heavy (non-hydrogen) atoms. The maximum atomic E-state index is 6.10. The third-order valence-electron chi connectivity index (χ3n) is 5.44. The normalized spacial score (nSPS) is 15.5. The number of hydrogen-bond acceptors (Lipinski definition) is 4. The van der Waals surface area contributed by atoms with E-state index in [0.717, 1.165) is 56.0 Å². The molecule has 0 unspecified atom stereocenters. The van der Waals surface area contributed by atoms with Crippen molar-refractivity contribution in [2.75, 3.05) is 13.1 Å². The van der Waals surface area contributed by atoms with Crippen LogP contribution in [0.25, 0.3) is 10.8 Å². The Balaban J connectivity index is 1.65. The Bertz CT molecular complexity index is 916. The van der Waals surface area contributed by atoms with Gasteiger partial charge >= 0.3 is 0 Å². The van der Waals surface area contributed by atoms with Crippen LogP contribution < -0.4 is 5.32 Å². The zero-order chi connectivity index (χ0) is 18.6. The number of nitrogens with zero attached hydrogens (tertiary/aromatic N) is 3. The van der Waals surface area contributed by atoms with Gasteiger partial charge in [0.25, 0.3) is 0 Å². The zero-order valence-electron chi connectivity index (χ0n) is 15.7. The van der Waals surface area contributed by atoms with Gasteiger partial charge in [0.1, 0.15) is 0 Å². The van der Waals surface area contributed by atoms with Crippen LogP contribution in [0.15, 0.2) is 48.8 Å². The van der Waals surface area contributed by atoms with E-state index >= 15 is 0 Å². The predicted octanol–water partition coefficient (Wildman–Crippen LogP) is 4.35. The van der Waals surface area contributed by atoms with Crippen LogP contribution >= 0.6 is 11.6 Å². The molecule has 0 saturated carbocycles. The summed E-state index contributed by atoms with van der Waals surface area (Å²) in [7, 11) is 0. The monoisotopic (exact) mass is 380 g/mol. The number of nitrogens with one attached hydrogen (secondary N) is 1. The Morgan fingerprint density at radius 3 is 2.67 bits per heavy atom. The van der Waals surface area contributed by atoms with E-state index in [4.69, 9.17) is 16.6 Å². The maximum Gasteiger partial charge on any atom is 0.0622 e. The highest BCUT2D eigenvalue weighted by Gasteiger charge is 2.23. The minimum absolute atomic E-state index is 0.531. The molecule has 1 saturated heterocycles. The van der Waals surface area contributed by atoms with Gasteiger partial charge in [-0.15, -0.1) is 0 Å². The summed E-state index contributed by atoms with van der Waals surface area (Å²) in [5, 5.41) is 6.65. The summed E-state index contributed by atoms with van der Waals surface area (Å²) in [4.78, 5) is 11.9. The van der Waals surface area contributed by atoms with Crippen LogP contribution in [-0.4, -0.2) is 34.0 Å². The molecule has 1 fully saturated rings. The number of fused-ring (bicyclic) bond motifs is 1. The van der Waals surface area contributed by atoms with E-state index in [1.165, 1.54) is 10.8 Å². The van der Waals surface area contributed by atoms with E-state index in [9.17, 15) is 0 Å². The summed E-state index contributed by atoms with van der Waals surface area (Å²) in [6.07, 6.45) is 5.97. The molecule has 0 radical (unpaired) electrons. The quantitative estimate of drug-likeness (QED) is 0.714. The van der Waals surface area contributed by atoms with Gasteiger partial charge in [-0.2, -0.15) is 0 Å². The van der Waals surface area contributed by atoms with Crippen LogP contribution in [0.3, 0.4) is 0 Å². The Kier molecular flexibility index (Phi) is 5.67. The molecule has 0 amide bonds. The molecular formula is C22H25ClN4. The number of halogens is 1. The van der Waals surface area contributed by atoms with Crippen LogP contribution in [-0.2, 0) is 13.1 Å². The van der Waals surface area contributed by atoms with Crippen LogP contribution in [0.2, 0.25) is 5.02 Å². The molecule has 5 heteroatoms. The molecule has 3 heterocycles. The molecular weight excluding hydrogens is 356 g/mol. The van der Waals surface area contributed by atoms with Gasteiger partial charge in [0, 0.05) is 36.9 Å². The molecule has 0 bridgehead atoms. The van der Waals surface area contributed by atoms with Gasteiger partial charge < -0.3 is 5.32 Å². The predicted molar refractivity (Wildman–Crippen MR) is 111 cm³/mol. The summed E-state index contributed by atoms with van der Waals surface area (Å²) in [6.45, 7) is 5.87. The lowest BCUT2D eigenvalue weighted by atomic mass is 10.0. The highest BCUT2D eigenvalue weighted by molar-refractivity contribution is 6.30. The lowest BCUT2D eigenvalue weighted by molar-refractivity contribution is 0.142. The minimum atomic E-state index is 0.531. The van der Waals surface area contributed by atoms with Crippen molar-refractivity contribution in [1.82, 2.24) is 20.2 Å². The average molecular weight is 381 g/mol. The summed E-state index contributed by atoms with van der Waals surface area (Å²) >= 11 is 6.10. The van der Waals surface area contributed by atoms with Crippen molar-refractivity contribution in [3.63, 3.8) is 0 Å². The van der Waals surface area contributed by atoms with Crippen LogP contribution in [0.1, 0.15) is 29.8 Å². The van der Waals surface area contributed by atoms with Crippen molar-refractivity contribution in [2.45, 2.75) is 38.9 Å². The number of hydrogen-bond donors (Lipinski definition) is 1. The molecule has 1 aromatic carbocycles. The SMILES string of the molecule is Cc1cc(Cl)cnc1CN(Cc1nccc2ccccc12)C1CCNCC1. The Morgan fingerprint density at radius 2 is 1.85 bits per heavy atom. The van der Waals surface area contributed by atoms with Crippen molar-refractivity contribution >= 4 is 22.4 Å². The molecule has 1 aliphatic heterocycles. The largest absolute Gasteiger partial charge is 0.317 e. The molecule has 140 valence electrons. The molecule has 0 aliphatic carbocycles. The van der Waals surface area contributed by atoms with Gasteiger partial charge in [-0.3, -0.25) is 14.9 Å². The molecule has 3 aromatic rings. The third kappa shape index (κ3) is 4.29. The fourth-order valence-electron chi connectivity index (χ4n) is 3.91. The highest BCUT2D eigenvalue weighted by Crippen LogP contribution is 2.23. The van der Waals surface area contributed by atoms with Crippen LogP contribution in [0.4, 0.5) is 0 Å². The smallest absolute Gasteiger partial charge is 0.0622 e. The van der Waals surface area contributed by atoms with Crippen LogP contribution in [0.5, 0.6) is 0 Å². The van der Waals surface area contributed by atoms with Gasteiger partial charge in [0.15, 0.2) is 0 Å². The number of benzene rings is 1. The zero-order valence-corrected chi connectivity index (χ0v) is 16.4. The number of aryl methyl sites for hydroxylation is 1. The molecule has 0 atom stereocenters. The Hall–Kier alpha value is -2.01. The first-order chi connectivity index (χ1) is 13.2. The average Bonchev–Trinajstić information content (AvgIpc) is 2.70. The second-order valence-corrected chi connectivity index (χ2v) is 7.72. The first-order valence-corrected chi connectivity index (χ1v) is 9.97. The van der Waals surface area contributed by atoms with Crippen molar-refractivity contribution in [2.24, 2.45) is 0 Å². The van der Waals surface area contributed by atoms with E-state index in [1.54, 1.807) is 6.20 Å². The Morgan fingerprint density at radius 1 is 1.07 bits per heavy atom. The van der Waals surface area contributed by atoms with Gasteiger partial charge in [0.05, 0.1) is 16.4 Å². The second kappa shape index (κ2) is 8.34. The number of aromatic nitrogens is 2. The number of rotatable bonds is 5. The number of piperidine rings is 1. The lowest BCUT2D eigenvalue weighted by Gasteiger charge is -2.34. The summed E-state index contributed by atoms with van der Waals surface area (Å²) in [5.74, 6) is 0. The minimum Gasteiger partial charge on any atom is -0.317 e. The van der Waals surface area contributed by atoms with Crippen LogP contribution in [0, 0.1) is 6.92 Å². The van der Waals surface area contributed by atoms with Crippen molar-refractivity contribution in [3.8, 4) is 0 Å². The fraction of sp³-hybridized carbons (Fsp3) is 0.364. The van der Waals surface area contributed by atoms with Gasteiger partial charge in [-0.1, -0.05) is 35.9 Å². The topological polar surface area (TPSA) is 41.1 Å². The molecule has 1 aliphatic rings. The molecule has 4 nitrogen and oxygen atoms in total. The van der Waals surface area contributed by atoms with Crippen molar-refractivity contribution < 1.29 is 0 Å².